The van der Waals surface area contributed by atoms with Crippen LogP contribution in [0.15, 0.2) is 24.3 Å². The van der Waals surface area contributed by atoms with Gasteiger partial charge in [0.2, 0.25) is 0 Å². The molecule has 0 aliphatic carbocycles. The van der Waals surface area contributed by atoms with Crippen LogP contribution in [-0.4, -0.2) is 13.2 Å². The van der Waals surface area contributed by atoms with Gasteiger partial charge in [-0.2, -0.15) is 0 Å². The molecule has 2 atom stereocenters. The van der Waals surface area contributed by atoms with Crippen LogP contribution >= 0.6 is 12.4 Å². The molecule has 0 saturated carbocycles. The normalized spacial score (nSPS) is 14.3. The van der Waals surface area contributed by atoms with Crippen molar-refractivity contribution in [2.75, 3.05) is 7.11 Å². The van der Waals surface area contributed by atoms with Crippen LogP contribution in [0.5, 0.6) is 0 Å². The summed E-state index contributed by atoms with van der Waals surface area (Å²) in [7, 11) is 1.59. The second kappa shape index (κ2) is 5.96. The SMILES string of the molecule is COC(c1ccc(F)cc1)C(C)N.Cl. The summed E-state index contributed by atoms with van der Waals surface area (Å²) >= 11 is 0. The Kier molecular flexibility index (Phi) is 5.69. The van der Waals surface area contributed by atoms with E-state index in [2.05, 4.69) is 0 Å². The van der Waals surface area contributed by atoms with Gasteiger partial charge in [-0.15, -0.1) is 12.4 Å². The molecule has 0 heterocycles. The first-order valence-electron chi connectivity index (χ1n) is 4.19. The summed E-state index contributed by atoms with van der Waals surface area (Å²) < 4.78 is 17.8. The Hall–Kier alpha value is -0.640. The molecular formula is C10H15ClFNO. The standard InChI is InChI=1S/C10H14FNO.ClH/c1-7(12)10(13-2)8-3-5-9(11)6-4-8;/h3-7,10H,12H2,1-2H3;1H. The zero-order valence-electron chi connectivity index (χ0n) is 8.24. The second-order valence-corrected chi connectivity index (χ2v) is 3.07. The lowest BCUT2D eigenvalue weighted by Crippen LogP contribution is -2.26. The number of ether oxygens (including phenoxy) is 1. The van der Waals surface area contributed by atoms with E-state index in [-0.39, 0.29) is 30.4 Å². The van der Waals surface area contributed by atoms with Gasteiger partial charge in [0.1, 0.15) is 5.82 Å². The molecule has 2 N–H and O–H groups in total. The summed E-state index contributed by atoms with van der Waals surface area (Å²) in [5.74, 6) is -0.247. The van der Waals surface area contributed by atoms with Gasteiger partial charge in [0.15, 0.2) is 0 Å². The highest BCUT2D eigenvalue weighted by Crippen LogP contribution is 2.19. The van der Waals surface area contributed by atoms with E-state index >= 15 is 0 Å². The summed E-state index contributed by atoms with van der Waals surface area (Å²) in [6, 6.07) is 6.09. The van der Waals surface area contributed by atoms with Crippen LogP contribution in [0, 0.1) is 5.82 Å². The molecule has 0 aliphatic heterocycles. The number of rotatable bonds is 3. The molecule has 0 amide bonds. The topological polar surface area (TPSA) is 35.2 Å². The van der Waals surface area contributed by atoms with Crippen molar-refractivity contribution < 1.29 is 9.13 Å². The molecule has 80 valence electrons. The molecule has 4 heteroatoms. The minimum Gasteiger partial charge on any atom is -0.375 e. The van der Waals surface area contributed by atoms with Crippen molar-refractivity contribution in [1.82, 2.24) is 0 Å². The smallest absolute Gasteiger partial charge is 0.123 e. The van der Waals surface area contributed by atoms with Crippen LogP contribution in [0.2, 0.25) is 0 Å². The average molecular weight is 220 g/mol. The first-order chi connectivity index (χ1) is 6.15. The van der Waals surface area contributed by atoms with Crippen LogP contribution in [-0.2, 0) is 4.74 Å². The van der Waals surface area contributed by atoms with E-state index in [1.807, 2.05) is 6.92 Å². The monoisotopic (exact) mass is 219 g/mol. The van der Waals surface area contributed by atoms with Gasteiger partial charge < -0.3 is 10.5 Å². The maximum atomic E-state index is 12.6. The number of nitrogens with two attached hydrogens (primary N) is 1. The van der Waals surface area contributed by atoms with Crippen molar-refractivity contribution in [3.05, 3.63) is 35.6 Å². The lowest BCUT2D eigenvalue weighted by molar-refractivity contribution is 0.0853. The Labute approximate surface area is 89.7 Å². The predicted molar refractivity (Wildman–Crippen MR) is 57.0 cm³/mol. The number of hydrogen-bond acceptors (Lipinski definition) is 2. The zero-order valence-corrected chi connectivity index (χ0v) is 9.05. The third-order valence-corrected chi connectivity index (χ3v) is 1.93. The molecule has 1 aromatic rings. The van der Waals surface area contributed by atoms with Gasteiger partial charge in [-0.3, -0.25) is 0 Å². The molecule has 0 bridgehead atoms. The quantitative estimate of drug-likeness (QED) is 0.847. The van der Waals surface area contributed by atoms with E-state index in [0.717, 1.165) is 5.56 Å². The maximum Gasteiger partial charge on any atom is 0.123 e. The van der Waals surface area contributed by atoms with E-state index in [9.17, 15) is 4.39 Å². The number of halogens is 2. The van der Waals surface area contributed by atoms with Gasteiger partial charge in [-0.05, 0) is 24.6 Å². The van der Waals surface area contributed by atoms with Crippen LogP contribution in [0.4, 0.5) is 4.39 Å². The van der Waals surface area contributed by atoms with Crippen LogP contribution in [0.25, 0.3) is 0 Å². The first-order valence-corrected chi connectivity index (χ1v) is 4.19. The maximum absolute atomic E-state index is 12.6. The van der Waals surface area contributed by atoms with E-state index in [0.29, 0.717) is 0 Å². The Morgan fingerprint density at radius 3 is 2.14 bits per heavy atom. The van der Waals surface area contributed by atoms with Gasteiger partial charge in [-0.1, -0.05) is 12.1 Å². The summed E-state index contributed by atoms with van der Waals surface area (Å²) in [6.07, 6.45) is -0.166. The number of hydrogen-bond donors (Lipinski definition) is 1. The van der Waals surface area contributed by atoms with Crippen molar-refractivity contribution in [2.45, 2.75) is 19.1 Å². The fraction of sp³-hybridized carbons (Fsp3) is 0.400. The second-order valence-electron chi connectivity index (χ2n) is 3.07. The minimum atomic E-state index is -0.247. The Morgan fingerprint density at radius 2 is 1.79 bits per heavy atom. The third kappa shape index (κ3) is 3.25. The van der Waals surface area contributed by atoms with Crippen LogP contribution in [0.3, 0.4) is 0 Å². The molecule has 2 unspecified atom stereocenters. The fourth-order valence-corrected chi connectivity index (χ4v) is 1.31. The number of methoxy groups -OCH3 is 1. The summed E-state index contributed by atoms with van der Waals surface area (Å²) in [4.78, 5) is 0. The Morgan fingerprint density at radius 1 is 1.29 bits per heavy atom. The van der Waals surface area contributed by atoms with E-state index in [4.69, 9.17) is 10.5 Å². The summed E-state index contributed by atoms with van der Waals surface area (Å²) in [5.41, 5.74) is 6.60. The zero-order chi connectivity index (χ0) is 9.84. The highest BCUT2D eigenvalue weighted by Gasteiger charge is 2.14. The molecule has 0 aliphatic rings. The van der Waals surface area contributed by atoms with E-state index in [1.165, 1.54) is 12.1 Å². The molecule has 1 aromatic carbocycles. The van der Waals surface area contributed by atoms with E-state index in [1.54, 1.807) is 19.2 Å². The molecule has 0 radical (unpaired) electrons. The molecule has 0 saturated heterocycles. The molecule has 0 spiro atoms. The highest BCUT2D eigenvalue weighted by molar-refractivity contribution is 5.85. The molecule has 14 heavy (non-hydrogen) atoms. The summed E-state index contributed by atoms with van der Waals surface area (Å²) in [5, 5.41) is 0. The minimum absolute atomic E-state index is 0. The molecule has 2 nitrogen and oxygen atoms in total. The van der Waals surface area contributed by atoms with Crippen molar-refractivity contribution >= 4 is 12.4 Å². The molecule has 0 fully saturated rings. The van der Waals surface area contributed by atoms with Gasteiger partial charge in [0.05, 0.1) is 6.10 Å². The fourth-order valence-electron chi connectivity index (χ4n) is 1.31. The summed E-state index contributed by atoms with van der Waals surface area (Å²) in [6.45, 7) is 1.86. The predicted octanol–water partition coefficient (Wildman–Crippen LogP) is 2.28. The van der Waals surface area contributed by atoms with Crippen LogP contribution in [0.1, 0.15) is 18.6 Å². The van der Waals surface area contributed by atoms with Gasteiger partial charge in [-0.25, -0.2) is 4.39 Å². The average Bonchev–Trinajstić information content (AvgIpc) is 2.09. The largest absolute Gasteiger partial charge is 0.375 e. The van der Waals surface area contributed by atoms with Crippen LogP contribution < -0.4 is 5.73 Å². The lowest BCUT2D eigenvalue weighted by Gasteiger charge is -2.19. The van der Waals surface area contributed by atoms with Crippen molar-refractivity contribution in [3.8, 4) is 0 Å². The third-order valence-electron chi connectivity index (χ3n) is 1.93. The lowest BCUT2D eigenvalue weighted by atomic mass is 10.0. The molecular weight excluding hydrogens is 205 g/mol. The van der Waals surface area contributed by atoms with Crippen molar-refractivity contribution in [2.24, 2.45) is 5.73 Å². The Bertz CT molecular complexity index is 263. The van der Waals surface area contributed by atoms with Crippen molar-refractivity contribution in [3.63, 3.8) is 0 Å². The van der Waals surface area contributed by atoms with Gasteiger partial charge >= 0.3 is 0 Å². The Balaban J connectivity index is 0.00000169. The molecule has 0 aromatic heterocycles. The van der Waals surface area contributed by atoms with E-state index < -0.39 is 0 Å². The van der Waals surface area contributed by atoms with Gasteiger partial charge in [0.25, 0.3) is 0 Å². The van der Waals surface area contributed by atoms with Gasteiger partial charge in [0, 0.05) is 13.2 Å². The molecule has 1 rings (SSSR count). The number of benzene rings is 1. The highest BCUT2D eigenvalue weighted by atomic mass is 35.5. The first kappa shape index (κ1) is 13.4. The van der Waals surface area contributed by atoms with Crippen molar-refractivity contribution in [1.29, 1.82) is 0 Å².